The summed E-state index contributed by atoms with van der Waals surface area (Å²) < 4.78 is 65.6. The normalized spacial score (nSPS) is 20.8. The van der Waals surface area contributed by atoms with E-state index in [0.717, 1.165) is 10.5 Å². The van der Waals surface area contributed by atoms with Gasteiger partial charge in [0.25, 0.3) is 0 Å². The van der Waals surface area contributed by atoms with Crippen LogP contribution >= 0.6 is 0 Å². The van der Waals surface area contributed by atoms with Gasteiger partial charge < -0.3 is 4.90 Å². The van der Waals surface area contributed by atoms with E-state index in [1.165, 1.54) is 0 Å². The topological polar surface area (TPSA) is 54.5 Å². The molecule has 27 heavy (non-hydrogen) atoms. The van der Waals surface area contributed by atoms with Crippen LogP contribution in [-0.2, 0) is 21.1 Å². The maximum atomic E-state index is 13.7. The summed E-state index contributed by atoms with van der Waals surface area (Å²) in [6.07, 6.45) is -3.54. The lowest BCUT2D eigenvalue weighted by molar-refractivity contribution is -0.225. The van der Waals surface area contributed by atoms with Gasteiger partial charge in [-0.2, -0.15) is 13.2 Å². The first-order chi connectivity index (χ1) is 12.6. The van der Waals surface area contributed by atoms with Crippen molar-refractivity contribution in [1.82, 2.24) is 4.90 Å². The lowest BCUT2D eigenvalue weighted by Crippen LogP contribution is -2.58. The minimum absolute atomic E-state index is 0.0438. The van der Waals surface area contributed by atoms with E-state index in [1.807, 2.05) is 30.3 Å². The van der Waals surface area contributed by atoms with Crippen molar-refractivity contribution in [3.05, 3.63) is 35.9 Å². The van der Waals surface area contributed by atoms with Crippen LogP contribution < -0.4 is 0 Å². The Hall–Kier alpha value is -1.57. The van der Waals surface area contributed by atoms with Crippen molar-refractivity contribution < 1.29 is 26.4 Å². The number of carbonyl (C=O) groups excluding carboxylic acids is 1. The third-order valence-electron chi connectivity index (χ3n) is 5.09. The van der Waals surface area contributed by atoms with E-state index >= 15 is 0 Å². The summed E-state index contributed by atoms with van der Waals surface area (Å²) in [6, 6.07) is 9.32. The van der Waals surface area contributed by atoms with Crippen molar-refractivity contribution in [3.8, 4) is 0 Å². The SMILES string of the molecule is CCCC1(C(F)(F)F)CCCN1C(=O)CS(=O)(=O)CCCc1ccccc1. The Bertz CT molecular complexity index is 734. The molecule has 1 aromatic carbocycles. The molecule has 1 unspecified atom stereocenters. The van der Waals surface area contributed by atoms with Gasteiger partial charge in [0.15, 0.2) is 9.84 Å². The second kappa shape index (κ2) is 8.63. The number of halogens is 3. The third-order valence-corrected chi connectivity index (χ3v) is 6.69. The molecule has 0 radical (unpaired) electrons. The molecule has 8 heteroatoms. The molecule has 1 amide bonds. The van der Waals surface area contributed by atoms with Gasteiger partial charge in [0.2, 0.25) is 5.91 Å². The maximum Gasteiger partial charge on any atom is 0.411 e. The van der Waals surface area contributed by atoms with Crippen LogP contribution in [0.4, 0.5) is 13.2 Å². The first-order valence-electron chi connectivity index (χ1n) is 9.23. The molecular weight excluding hydrogens is 379 g/mol. The predicted octanol–water partition coefficient (Wildman–Crippen LogP) is 3.76. The highest BCUT2D eigenvalue weighted by atomic mass is 32.2. The van der Waals surface area contributed by atoms with Gasteiger partial charge in [0.05, 0.1) is 5.75 Å². The largest absolute Gasteiger partial charge is 0.411 e. The highest BCUT2D eigenvalue weighted by Crippen LogP contribution is 2.46. The van der Waals surface area contributed by atoms with Gasteiger partial charge in [0.1, 0.15) is 11.3 Å². The zero-order valence-electron chi connectivity index (χ0n) is 15.5. The van der Waals surface area contributed by atoms with E-state index in [9.17, 15) is 26.4 Å². The summed E-state index contributed by atoms with van der Waals surface area (Å²) in [5.41, 5.74) is -1.24. The first-order valence-corrected chi connectivity index (χ1v) is 11.0. The summed E-state index contributed by atoms with van der Waals surface area (Å²) in [4.78, 5) is 13.2. The fourth-order valence-electron chi connectivity index (χ4n) is 3.83. The fraction of sp³-hybridized carbons (Fsp3) is 0.632. The minimum atomic E-state index is -4.56. The number of carbonyl (C=O) groups is 1. The van der Waals surface area contributed by atoms with Crippen LogP contribution in [0.25, 0.3) is 0 Å². The summed E-state index contributed by atoms with van der Waals surface area (Å²) in [6.45, 7) is 1.59. The Labute approximate surface area is 158 Å². The average Bonchev–Trinajstić information content (AvgIpc) is 3.00. The second-order valence-corrected chi connectivity index (χ2v) is 9.29. The van der Waals surface area contributed by atoms with E-state index < -0.39 is 33.2 Å². The van der Waals surface area contributed by atoms with Crippen LogP contribution in [0.2, 0.25) is 0 Å². The molecule has 0 aromatic heterocycles. The molecule has 0 saturated carbocycles. The number of benzene rings is 1. The molecule has 1 aromatic rings. The van der Waals surface area contributed by atoms with Gasteiger partial charge in [-0.05, 0) is 37.7 Å². The Morgan fingerprint density at radius 2 is 1.89 bits per heavy atom. The van der Waals surface area contributed by atoms with Gasteiger partial charge in [-0.15, -0.1) is 0 Å². The molecule has 152 valence electrons. The predicted molar refractivity (Wildman–Crippen MR) is 98.1 cm³/mol. The number of nitrogens with zero attached hydrogens (tertiary/aromatic N) is 1. The Balaban J connectivity index is 2.01. The molecule has 1 heterocycles. The number of sulfone groups is 1. The molecule has 1 aliphatic rings. The van der Waals surface area contributed by atoms with Crippen LogP contribution in [0.3, 0.4) is 0 Å². The van der Waals surface area contributed by atoms with Crippen LogP contribution in [0.1, 0.15) is 44.6 Å². The van der Waals surface area contributed by atoms with Gasteiger partial charge >= 0.3 is 6.18 Å². The molecule has 1 aliphatic heterocycles. The molecule has 0 bridgehead atoms. The molecule has 0 spiro atoms. The van der Waals surface area contributed by atoms with E-state index in [-0.39, 0.29) is 38.0 Å². The summed E-state index contributed by atoms with van der Waals surface area (Å²) in [5, 5.41) is 0. The summed E-state index contributed by atoms with van der Waals surface area (Å²) in [5.74, 6) is -2.00. The Morgan fingerprint density at radius 1 is 1.22 bits per heavy atom. The Morgan fingerprint density at radius 3 is 2.48 bits per heavy atom. The summed E-state index contributed by atoms with van der Waals surface area (Å²) >= 11 is 0. The van der Waals surface area contributed by atoms with Crippen LogP contribution in [0, 0.1) is 0 Å². The number of rotatable bonds is 8. The van der Waals surface area contributed by atoms with E-state index in [0.29, 0.717) is 12.8 Å². The lowest BCUT2D eigenvalue weighted by atomic mass is 9.89. The number of likely N-dealkylation sites (tertiary alicyclic amines) is 1. The number of alkyl halides is 3. The van der Waals surface area contributed by atoms with Crippen molar-refractivity contribution >= 4 is 15.7 Å². The zero-order chi connectivity index (χ0) is 20.1. The van der Waals surface area contributed by atoms with Gasteiger partial charge in [-0.25, -0.2) is 8.42 Å². The number of amides is 1. The zero-order valence-corrected chi connectivity index (χ0v) is 16.3. The molecule has 0 aliphatic carbocycles. The number of hydrogen-bond donors (Lipinski definition) is 0. The van der Waals surface area contributed by atoms with Crippen LogP contribution in [-0.4, -0.2) is 49.0 Å². The molecule has 1 atom stereocenters. The molecular formula is C19H26F3NO3S. The van der Waals surface area contributed by atoms with E-state index in [4.69, 9.17) is 0 Å². The Kier molecular flexibility index (Phi) is 6.94. The van der Waals surface area contributed by atoms with Crippen molar-refractivity contribution in [2.75, 3.05) is 18.1 Å². The summed E-state index contributed by atoms with van der Waals surface area (Å²) in [7, 11) is -3.76. The monoisotopic (exact) mass is 405 g/mol. The van der Waals surface area contributed by atoms with E-state index in [2.05, 4.69) is 0 Å². The van der Waals surface area contributed by atoms with E-state index in [1.54, 1.807) is 6.92 Å². The molecule has 2 rings (SSSR count). The van der Waals surface area contributed by atoms with Crippen molar-refractivity contribution in [3.63, 3.8) is 0 Å². The maximum absolute atomic E-state index is 13.7. The molecule has 4 nitrogen and oxygen atoms in total. The van der Waals surface area contributed by atoms with Crippen LogP contribution in [0.15, 0.2) is 30.3 Å². The lowest BCUT2D eigenvalue weighted by Gasteiger charge is -2.40. The standard InChI is InChI=1S/C19H26F3NO3S/c1-2-11-18(19(20,21)22)12-7-13-23(18)17(24)15-27(25,26)14-6-10-16-8-4-3-5-9-16/h3-5,8-9H,2,6-7,10-15H2,1H3. The quantitative estimate of drug-likeness (QED) is 0.662. The fourth-order valence-corrected chi connectivity index (χ4v) is 5.09. The van der Waals surface area contributed by atoms with Gasteiger partial charge in [0, 0.05) is 6.54 Å². The first kappa shape index (κ1) is 21.7. The highest BCUT2D eigenvalue weighted by Gasteiger charge is 2.61. The van der Waals surface area contributed by atoms with Gasteiger partial charge in [-0.3, -0.25) is 4.79 Å². The number of hydrogen-bond acceptors (Lipinski definition) is 3. The third kappa shape index (κ3) is 5.24. The van der Waals surface area contributed by atoms with Crippen molar-refractivity contribution in [1.29, 1.82) is 0 Å². The smallest absolute Gasteiger partial charge is 0.327 e. The highest BCUT2D eigenvalue weighted by molar-refractivity contribution is 7.92. The van der Waals surface area contributed by atoms with Crippen molar-refractivity contribution in [2.24, 2.45) is 0 Å². The average molecular weight is 405 g/mol. The minimum Gasteiger partial charge on any atom is -0.327 e. The molecule has 1 fully saturated rings. The van der Waals surface area contributed by atoms with Crippen LogP contribution in [0.5, 0.6) is 0 Å². The van der Waals surface area contributed by atoms with Crippen molar-refractivity contribution in [2.45, 2.75) is 57.2 Å². The second-order valence-electron chi connectivity index (χ2n) is 7.11. The number of aryl methyl sites for hydroxylation is 1. The molecule has 1 saturated heterocycles. The van der Waals surface area contributed by atoms with Gasteiger partial charge in [-0.1, -0.05) is 43.7 Å². The molecule has 0 N–H and O–H groups in total.